The Labute approximate surface area is 137 Å². The van der Waals surface area contributed by atoms with E-state index < -0.39 is 10.8 Å². The quantitative estimate of drug-likeness (QED) is 0.554. The maximum Gasteiger partial charge on any atom is 0.157 e. The summed E-state index contributed by atoms with van der Waals surface area (Å²) < 4.78 is 0. The molecule has 92 valence electrons. The first kappa shape index (κ1) is 16.9. The predicted molar refractivity (Wildman–Crippen MR) is 91.9 cm³/mol. The minimum Gasteiger partial charge on any atom is -0.315 e. The van der Waals surface area contributed by atoms with Gasteiger partial charge in [-0.3, -0.25) is 4.79 Å². The van der Waals surface area contributed by atoms with Gasteiger partial charge in [0, 0.05) is 11.4 Å². The van der Waals surface area contributed by atoms with E-state index in [1.165, 1.54) is 0 Å². The van der Waals surface area contributed by atoms with Crippen LogP contribution in [-0.2, 0) is 10.3 Å². The number of carbonyl (C=O) groups is 1. The Morgan fingerprint density at radius 3 is 2.10 bits per heavy atom. The van der Waals surface area contributed by atoms with Gasteiger partial charge in [0.2, 0.25) is 0 Å². The van der Waals surface area contributed by atoms with Gasteiger partial charge in [-0.2, -0.15) is 0 Å². The van der Waals surface area contributed by atoms with Crippen molar-refractivity contribution < 1.29 is 4.79 Å². The molecular weight excluding hydrogens is 274 g/mol. The van der Waals surface area contributed by atoms with Gasteiger partial charge in [-0.1, -0.05) is 34.2 Å². The Balaban J connectivity index is 2.73. The molecule has 0 aromatic heterocycles. The summed E-state index contributed by atoms with van der Waals surface area (Å²) in [5, 5.41) is -1.10. The van der Waals surface area contributed by atoms with E-state index in [0.29, 0.717) is 6.42 Å². The molecule has 0 amide bonds. The van der Waals surface area contributed by atoms with Crippen molar-refractivity contribution in [3.8, 4) is 0 Å². The number of ketones is 1. The van der Waals surface area contributed by atoms with Crippen LogP contribution in [-0.4, -0.2) is 52.9 Å². The topological polar surface area (TPSA) is 43.1 Å². The average molecular weight is 283 g/mol. The van der Waals surface area contributed by atoms with Gasteiger partial charge in [-0.25, -0.2) is 0 Å². The van der Waals surface area contributed by atoms with Crippen LogP contribution >= 0.6 is 11.6 Å². The molecule has 2 nitrogen and oxygen atoms in total. The van der Waals surface area contributed by atoms with Crippen molar-refractivity contribution in [2.24, 2.45) is 5.73 Å². The lowest BCUT2D eigenvalue weighted by atomic mass is 9.44. The first-order valence-electron chi connectivity index (χ1n) is 6.33. The molecule has 0 heterocycles. The zero-order valence-corrected chi connectivity index (χ0v) is 12.2. The molecule has 12 radical (unpaired) electrons. The van der Waals surface area contributed by atoms with Crippen LogP contribution < -0.4 is 27.6 Å². The summed E-state index contributed by atoms with van der Waals surface area (Å²) in [4.78, 5) is 12.4. The summed E-state index contributed by atoms with van der Waals surface area (Å²) in [5.74, 6) is -0.272. The Hall–Kier alpha value is -0.470. The molecule has 2 N–H and O–H groups in total. The number of Topliss-reactive ketones (excluding diaryl/α,β-unsaturated/α-hetero) is 1. The Morgan fingerprint density at radius 1 is 1.00 bits per heavy atom. The molecule has 1 saturated carbocycles. The highest BCUT2D eigenvalue weighted by Crippen LogP contribution is 2.44. The molecule has 9 heteroatoms. The predicted octanol–water partition coefficient (Wildman–Crippen LogP) is -3.12. The second-order valence-electron chi connectivity index (χ2n) is 5.65. The highest BCUT2D eigenvalue weighted by atomic mass is 35.5. The molecule has 1 aliphatic carbocycles. The van der Waals surface area contributed by atoms with Crippen LogP contribution in [0.5, 0.6) is 0 Å². The van der Waals surface area contributed by atoms with Crippen LogP contribution in [0.4, 0.5) is 0 Å². The molecule has 0 bridgehead atoms. The van der Waals surface area contributed by atoms with E-state index in [4.69, 9.17) is 64.4 Å². The molecule has 0 spiro atoms. The molecule has 1 atom stereocenters. The van der Waals surface area contributed by atoms with Gasteiger partial charge in [-0.05, 0) is 12.0 Å². The second kappa shape index (κ2) is 5.31. The van der Waals surface area contributed by atoms with E-state index in [2.05, 4.69) is 0 Å². The number of hydrogen-bond acceptors (Lipinski definition) is 2. The van der Waals surface area contributed by atoms with Gasteiger partial charge >= 0.3 is 0 Å². The van der Waals surface area contributed by atoms with Crippen molar-refractivity contribution in [3.05, 3.63) is 10.6 Å². The Morgan fingerprint density at radius 2 is 1.52 bits per heavy atom. The van der Waals surface area contributed by atoms with E-state index in [1.54, 1.807) is 0 Å². The third-order valence-corrected chi connectivity index (χ3v) is 4.36. The van der Waals surface area contributed by atoms with Crippen LogP contribution in [0.25, 0.3) is 0 Å². The Kier molecular flexibility index (Phi) is 4.27. The highest BCUT2D eigenvalue weighted by Gasteiger charge is 2.46. The van der Waals surface area contributed by atoms with Crippen molar-refractivity contribution in [1.29, 1.82) is 0 Å². The fraction of sp³-hybridized carbons (Fsp3) is 0.417. The Bertz CT molecular complexity index is 606. The first-order chi connectivity index (χ1) is 9.51. The molecule has 21 heavy (non-hydrogen) atoms. The standard InChI is InChI=1S/C12H8B6ClNO/c13-6-5(10(19)9(16)8(15)7(6)14)12(20)3-11(17,18)2-1-4(12)21/h1-3,20H2. The van der Waals surface area contributed by atoms with Crippen LogP contribution in [0.3, 0.4) is 0 Å². The van der Waals surface area contributed by atoms with E-state index in [9.17, 15) is 4.79 Å². The lowest BCUT2D eigenvalue weighted by Crippen LogP contribution is -2.58. The van der Waals surface area contributed by atoms with Crippen molar-refractivity contribution in [2.45, 2.75) is 30.0 Å². The molecular formula is C12H8B6ClNO. The van der Waals surface area contributed by atoms with Gasteiger partial charge < -0.3 is 5.73 Å². The highest BCUT2D eigenvalue weighted by molar-refractivity contribution is 6.65. The summed E-state index contributed by atoms with van der Waals surface area (Å²) in [6.07, 6.45) is 0.414. The maximum atomic E-state index is 12.4. The molecule has 1 aliphatic rings. The lowest BCUT2D eigenvalue weighted by molar-refractivity contribution is -0.126. The number of carbonyl (C=O) groups excluding carboxylic acids is 1. The summed E-state index contributed by atoms with van der Waals surface area (Å²) in [7, 11) is 35.2. The molecule has 1 aromatic carbocycles. The second-order valence-corrected chi connectivity index (χ2v) is 6.03. The zero-order chi connectivity index (χ0) is 16.2. The SMILES string of the molecule is [B]c1c([B])c([B])c(C2(N)CC([B])([B])CCC2=O)c(Cl)c1[B]. The van der Waals surface area contributed by atoms with Crippen molar-refractivity contribution in [3.63, 3.8) is 0 Å². The normalized spacial score (nSPS) is 25.0. The van der Waals surface area contributed by atoms with Crippen LogP contribution in [0.15, 0.2) is 0 Å². The number of nitrogens with two attached hydrogens (primary N) is 1. The van der Waals surface area contributed by atoms with E-state index in [-0.39, 0.29) is 51.1 Å². The van der Waals surface area contributed by atoms with Gasteiger partial charge in [-0.15, -0.1) is 10.9 Å². The molecule has 2 rings (SSSR count). The number of halogens is 1. The van der Waals surface area contributed by atoms with Crippen molar-refractivity contribution in [1.82, 2.24) is 0 Å². The number of hydrogen-bond donors (Lipinski definition) is 1. The van der Waals surface area contributed by atoms with Crippen LogP contribution in [0.2, 0.25) is 10.2 Å². The third kappa shape index (κ3) is 2.66. The molecule has 0 aliphatic heterocycles. The van der Waals surface area contributed by atoms with Crippen LogP contribution in [0, 0.1) is 0 Å². The molecule has 0 saturated heterocycles. The minimum absolute atomic E-state index is 0.00718. The fourth-order valence-electron chi connectivity index (χ4n) is 2.74. The average Bonchev–Trinajstić information content (AvgIpc) is 2.38. The molecule has 1 fully saturated rings. The summed E-state index contributed by atoms with van der Waals surface area (Å²) >= 11 is 6.20. The minimum atomic E-state index is -1.54. The number of rotatable bonds is 1. The monoisotopic (exact) mass is 283 g/mol. The smallest absolute Gasteiger partial charge is 0.157 e. The molecule has 1 aromatic rings. The van der Waals surface area contributed by atoms with Crippen LogP contribution in [0.1, 0.15) is 24.8 Å². The summed E-state index contributed by atoms with van der Waals surface area (Å²) in [5.41, 5.74) is 5.01. The van der Waals surface area contributed by atoms with Gasteiger partial charge in [0.25, 0.3) is 0 Å². The van der Waals surface area contributed by atoms with Gasteiger partial charge in [0.05, 0.1) is 15.7 Å². The number of benzene rings is 1. The molecule has 1 unspecified atom stereocenters. The lowest BCUT2D eigenvalue weighted by Gasteiger charge is -2.44. The van der Waals surface area contributed by atoms with Crippen molar-refractivity contribution in [2.75, 3.05) is 0 Å². The van der Waals surface area contributed by atoms with E-state index in [0.717, 1.165) is 0 Å². The van der Waals surface area contributed by atoms with E-state index >= 15 is 0 Å². The maximum absolute atomic E-state index is 12.4. The zero-order valence-electron chi connectivity index (χ0n) is 11.4. The first-order valence-corrected chi connectivity index (χ1v) is 6.71. The summed E-state index contributed by atoms with van der Waals surface area (Å²) in [6.45, 7) is 0. The van der Waals surface area contributed by atoms with Gasteiger partial charge in [0.15, 0.2) is 5.78 Å². The fourth-order valence-corrected chi connectivity index (χ4v) is 3.11. The largest absolute Gasteiger partial charge is 0.315 e. The van der Waals surface area contributed by atoms with Crippen molar-refractivity contribution >= 4 is 86.3 Å². The summed E-state index contributed by atoms with van der Waals surface area (Å²) in [6, 6.07) is 0. The van der Waals surface area contributed by atoms with Gasteiger partial charge in [0.1, 0.15) is 36.9 Å². The third-order valence-electron chi connectivity index (χ3n) is 3.96. The van der Waals surface area contributed by atoms with E-state index in [1.807, 2.05) is 0 Å².